The van der Waals surface area contributed by atoms with Crippen molar-refractivity contribution in [3.63, 3.8) is 0 Å². The Balaban J connectivity index is 1.63. The highest BCUT2D eigenvalue weighted by atomic mass is 32.2. The van der Waals surface area contributed by atoms with Crippen LogP contribution in [0.5, 0.6) is 0 Å². The molecule has 0 spiro atoms. The molecule has 6 heteroatoms. The Bertz CT molecular complexity index is 758. The zero-order chi connectivity index (χ0) is 16.2. The van der Waals surface area contributed by atoms with E-state index in [0.717, 1.165) is 35.7 Å². The lowest BCUT2D eigenvalue weighted by Crippen LogP contribution is -2.36. The predicted molar refractivity (Wildman–Crippen MR) is 90.9 cm³/mol. The van der Waals surface area contributed by atoms with Crippen LogP contribution in [0.15, 0.2) is 46.1 Å². The Morgan fingerprint density at radius 3 is 2.78 bits per heavy atom. The summed E-state index contributed by atoms with van der Waals surface area (Å²) >= 11 is 0. The molecule has 3 rings (SSSR count). The first kappa shape index (κ1) is 16.1. The van der Waals surface area contributed by atoms with E-state index in [1.807, 2.05) is 37.3 Å². The fourth-order valence-electron chi connectivity index (χ4n) is 2.82. The molecule has 0 unspecified atom stereocenters. The van der Waals surface area contributed by atoms with Gasteiger partial charge >= 0.3 is 0 Å². The van der Waals surface area contributed by atoms with Crippen molar-refractivity contribution in [3.8, 4) is 0 Å². The molecule has 0 amide bonds. The van der Waals surface area contributed by atoms with E-state index in [2.05, 4.69) is 10.00 Å². The van der Waals surface area contributed by atoms with Crippen LogP contribution in [0.3, 0.4) is 0 Å². The summed E-state index contributed by atoms with van der Waals surface area (Å²) in [7, 11) is -0.976. The topological polar surface area (TPSA) is 55.2 Å². The van der Waals surface area contributed by atoms with Crippen molar-refractivity contribution in [1.29, 1.82) is 0 Å². The summed E-state index contributed by atoms with van der Waals surface area (Å²) < 4.78 is 13.8. The predicted octanol–water partition coefficient (Wildman–Crippen LogP) is 1.43. The minimum Gasteiger partial charge on any atom is -0.298 e. The zero-order valence-electron chi connectivity index (χ0n) is 13.3. The van der Waals surface area contributed by atoms with E-state index in [4.69, 9.17) is 0 Å². The molecule has 0 saturated heterocycles. The lowest BCUT2D eigenvalue weighted by Gasteiger charge is -2.27. The van der Waals surface area contributed by atoms with Crippen LogP contribution in [-0.4, -0.2) is 37.7 Å². The largest absolute Gasteiger partial charge is 0.298 e. The van der Waals surface area contributed by atoms with E-state index in [1.165, 1.54) is 4.68 Å². The number of nitrogens with zero attached hydrogens (tertiary/aromatic N) is 3. The van der Waals surface area contributed by atoms with Crippen molar-refractivity contribution in [2.24, 2.45) is 0 Å². The van der Waals surface area contributed by atoms with Crippen LogP contribution in [0.1, 0.15) is 18.2 Å². The van der Waals surface area contributed by atoms with Crippen molar-refractivity contribution in [1.82, 2.24) is 14.7 Å². The first-order valence-electron chi connectivity index (χ1n) is 7.93. The first-order chi connectivity index (χ1) is 11.2. The molecule has 0 aliphatic carbocycles. The van der Waals surface area contributed by atoms with Crippen LogP contribution < -0.4 is 5.56 Å². The molecule has 0 bridgehead atoms. The minimum atomic E-state index is -0.976. The average molecular weight is 331 g/mol. The zero-order valence-corrected chi connectivity index (χ0v) is 14.1. The van der Waals surface area contributed by atoms with Crippen molar-refractivity contribution in [3.05, 3.63) is 58.0 Å². The number of aromatic nitrogens is 2. The van der Waals surface area contributed by atoms with Gasteiger partial charge in [-0.3, -0.25) is 13.9 Å². The third kappa shape index (κ3) is 3.76. The second kappa shape index (κ2) is 7.19. The van der Waals surface area contributed by atoms with Gasteiger partial charge in [-0.2, -0.15) is 5.10 Å². The summed E-state index contributed by atoms with van der Waals surface area (Å²) in [6.45, 7) is 4.90. The van der Waals surface area contributed by atoms with Gasteiger partial charge in [0, 0.05) is 49.3 Å². The van der Waals surface area contributed by atoms with Gasteiger partial charge in [-0.1, -0.05) is 18.2 Å². The van der Waals surface area contributed by atoms with E-state index >= 15 is 0 Å². The fourth-order valence-corrected chi connectivity index (χ4v) is 3.94. The van der Waals surface area contributed by atoms with Crippen molar-refractivity contribution in [2.45, 2.75) is 31.3 Å². The van der Waals surface area contributed by atoms with Gasteiger partial charge in [0.05, 0.1) is 16.5 Å². The van der Waals surface area contributed by atoms with Gasteiger partial charge in [0.2, 0.25) is 0 Å². The third-order valence-electron chi connectivity index (χ3n) is 4.12. The Morgan fingerprint density at radius 1 is 1.26 bits per heavy atom. The normalized spacial score (nSPS) is 16.0. The molecule has 1 atom stereocenters. The molecule has 0 N–H and O–H groups in total. The molecule has 1 aromatic heterocycles. The highest BCUT2D eigenvalue weighted by molar-refractivity contribution is 7.85. The Morgan fingerprint density at radius 2 is 2.04 bits per heavy atom. The molecular weight excluding hydrogens is 310 g/mol. The first-order valence-corrected chi connectivity index (χ1v) is 9.25. The van der Waals surface area contributed by atoms with Gasteiger partial charge in [0.25, 0.3) is 5.56 Å². The van der Waals surface area contributed by atoms with Crippen molar-refractivity contribution >= 4 is 10.8 Å². The van der Waals surface area contributed by atoms with E-state index in [-0.39, 0.29) is 5.56 Å². The maximum absolute atomic E-state index is 12.3. The molecule has 0 radical (unpaired) electrons. The van der Waals surface area contributed by atoms with Crippen LogP contribution in [0.2, 0.25) is 0 Å². The maximum Gasteiger partial charge on any atom is 0.267 e. The van der Waals surface area contributed by atoms with Crippen LogP contribution in [0, 0.1) is 0 Å². The number of rotatable bonds is 5. The highest BCUT2D eigenvalue weighted by Crippen LogP contribution is 2.15. The molecule has 1 aliphatic rings. The van der Waals surface area contributed by atoms with Crippen LogP contribution in [0.4, 0.5) is 0 Å². The quantitative estimate of drug-likeness (QED) is 0.832. The van der Waals surface area contributed by atoms with Crippen molar-refractivity contribution < 1.29 is 4.21 Å². The standard InChI is InChI=1S/C17H21N3O2S/c1-2-20-17(21)12-14-13-19(9-8-16(14)18-20)10-11-23(22)15-6-4-3-5-7-15/h3-7,12H,2,8-11,13H2,1H3/t23-/m0/s1. The maximum atomic E-state index is 12.3. The molecule has 0 saturated carbocycles. The SMILES string of the molecule is CCn1nc2c(cc1=O)CN(CC[S@](=O)c1ccccc1)CC2. The second-order valence-electron chi connectivity index (χ2n) is 5.66. The smallest absolute Gasteiger partial charge is 0.267 e. The summed E-state index contributed by atoms with van der Waals surface area (Å²) in [6.07, 6.45) is 0.841. The number of aryl methyl sites for hydroxylation is 1. The Labute approximate surface area is 138 Å². The summed E-state index contributed by atoms with van der Waals surface area (Å²) in [6, 6.07) is 11.3. The molecule has 2 aromatic rings. The van der Waals surface area contributed by atoms with Gasteiger partial charge in [0.15, 0.2) is 0 Å². The lowest BCUT2D eigenvalue weighted by atomic mass is 10.1. The van der Waals surface area contributed by atoms with Gasteiger partial charge in [-0.15, -0.1) is 0 Å². The minimum absolute atomic E-state index is 0.0408. The van der Waals surface area contributed by atoms with Crippen LogP contribution in [0.25, 0.3) is 0 Å². The molecule has 0 fully saturated rings. The summed E-state index contributed by atoms with van der Waals surface area (Å²) in [5.74, 6) is 0.610. The van der Waals surface area contributed by atoms with E-state index in [9.17, 15) is 9.00 Å². The number of hydrogen-bond acceptors (Lipinski definition) is 4. The van der Waals surface area contributed by atoms with Crippen LogP contribution in [-0.2, 0) is 30.3 Å². The molecular formula is C17H21N3O2S. The highest BCUT2D eigenvalue weighted by Gasteiger charge is 2.19. The fraction of sp³-hybridized carbons (Fsp3) is 0.412. The Kier molecular flexibility index (Phi) is 5.03. The molecule has 23 heavy (non-hydrogen) atoms. The van der Waals surface area contributed by atoms with Gasteiger partial charge in [0.1, 0.15) is 0 Å². The molecule has 2 heterocycles. The molecule has 1 aliphatic heterocycles. The van der Waals surface area contributed by atoms with Crippen LogP contribution >= 0.6 is 0 Å². The van der Waals surface area contributed by atoms with Crippen molar-refractivity contribution in [2.75, 3.05) is 18.8 Å². The number of hydrogen-bond donors (Lipinski definition) is 0. The summed E-state index contributed by atoms with van der Waals surface area (Å²) in [5, 5.41) is 4.43. The van der Waals surface area contributed by atoms with E-state index < -0.39 is 10.8 Å². The lowest BCUT2D eigenvalue weighted by molar-refractivity contribution is 0.264. The van der Waals surface area contributed by atoms with E-state index in [0.29, 0.717) is 18.8 Å². The van der Waals surface area contributed by atoms with E-state index in [1.54, 1.807) is 6.07 Å². The van der Waals surface area contributed by atoms with Gasteiger partial charge < -0.3 is 0 Å². The summed E-state index contributed by atoms with van der Waals surface area (Å²) in [4.78, 5) is 15.0. The van der Waals surface area contributed by atoms with Gasteiger partial charge in [-0.25, -0.2) is 4.68 Å². The third-order valence-corrected chi connectivity index (χ3v) is 5.47. The molecule has 5 nitrogen and oxygen atoms in total. The number of fused-ring (bicyclic) bond motifs is 1. The molecule has 1 aromatic carbocycles. The second-order valence-corrected chi connectivity index (χ2v) is 7.23. The van der Waals surface area contributed by atoms with Gasteiger partial charge in [-0.05, 0) is 24.6 Å². The Hall–Kier alpha value is -1.79. The summed E-state index contributed by atoms with van der Waals surface area (Å²) in [5.41, 5.74) is 1.99. The number of benzene rings is 1. The average Bonchev–Trinajstić information content (AvgIpc) is 2.59. The monoisotopic (exact) mass is 331 g/mol. The molecule has 122 valence electrons.